The predicted molar refractivity (Wildman–Crippen MR) is 116 cm³/mol. The number of para-hydroxylation sites is 1. The molecule has 1 aliphatic rings. The normalized spacial score (nSPS) is 14.8. The van der Waals surface area contributed by atoms with Gasteiger partial charge in [0.2, 0.25) is 0 Å². The molecule has 0 bridgehead atoms. The van der Waals surface area contributed by atoms with Crippen LogP contribution in [0.1, 0.15) is 24.5 Å². The Labute approximate surface area is 182 Å². The molecule has 10 heteroatoms. The predicted octanol–water partition coefficient (Wildman–Crippen LogP) is 2.24. The molecule has 1 aliphatic heterocycles. The fourth-order valence-corrected chi connectivity index (χ4v) is 3.47. The Hall–Kier alpha value is -4.18. The van der Waals surface area contributed by atoms with E-state index >= 15 is 0 Å². The zero-order chi connectivity index (χ0) is 22.8. The zero-order valence-electron chi connectivity index (χ0n) is 17.0. The van der Waals surface area contributed by atoms with Crippen molar-refractivity contribution in [2.24, 2.45) is 15.9 Å². The van der Waals surface area contributed by atoms with Crippen molar-refractivity contribution in [1.29, 1.82) is 0 Å². The first kappa shape index (κ1) is 21.1. The number of hydrogen-bond donors (Lipinski definition) is 4. The molecular formula is C22H20N4O6. The number of esters is 1. The lowest BCUT2D eigenvalue weighted by molar-refractivity contribution is -0.153. The van der Waals surface area contributed by atoms with Gasteiger partial charge in [0.25, 0.3) is 0 Å². The number of nitrogens with one attached hydrogen (secondary N) is 1. The number of benzene rings is 2. The van der Waals surface area contributed by atoms with Crippen molar-refractivity contribution in [2.45, 2.75) is 19.4 Å². The van der Waals surface area contributed by atoms with E-state index < -0.39 is 18.0 Å². The molecule has 0 saturated heterocycles. The molecule has 0 aliphatic carbocycles. The Morgan fingerprint density at radius 1 is 1.22 bits per heavy atom. The largest absolute Gasteiger partial charge is 0.508 e. The van der Waals surface area contributed by atoms with Crippen LogP contribution in [0, 0.1) is 0 Å². The number of phenols is 1. The molecule has 0 unspecified atom stereocenters. The van der Waals surface area contributed by atoms with E-state index in [2.05, 4.69) is 15.1 Å². The molecule has 0 spiro atoms. The quantitative estimate of drug-likeness (QED) is 0.262. The third-order valence-electron chi connectivity index (χ3n) is 4.84. The summed E-state index contributed by atoms with van der Waals surface area (Å²) in [6, 6.07) is 11.7. The molecule has 0 fully saturated rings. The minimum absolute atomic E-state index is 0.0274. The van der Waals surface area contributed by atoms with Gasteiger partial charge in [-0.2, -0.15) is 0 Å². The van der Waals surface area contributed by atoms with Gasteiger partial charge < -0.3 is 30.5 Å². The fourth-order valence-electron chi connectivity index (χ4n) is 3.47. The number of nitrogens with zero attached hydrogens (tertiary/aromatic N) is 2. The van der Waals surface area contributed by atoms with Crippen LogP contribution in [0.3, 0.4) is 0 Å². The summed E-state index contributed by atoms with van der Waals surface area (Å²) in [7, 11) is 0. The maximum atomic E-state index is 12.3. The molecule has 32 heavy (non-hydrogen) atoms. The number of aliphatic imine (C=N–C) groups is 1. The summed E-state index contributed by atoms with van der Waals surface area (Å²) in [5.74, 6) is -1.49. The molecule has 10 nitrogen and oxygen atoms in total. The number of rotatable bonds is 6. The maximum Gasteiger partial charge on any atom is 0.338 e. The van der Waals surface area contributed by atoms with Gasteiger partial charge >= 0.3 is 11.9 Å². The minimum Gasteiger partial charge on any atom is -0.508 e. The fraction of sp³-hybridized carbons (Fsp3) is 0.182. The first-order chi connectivity index (χ1) is 15.4. The van der Waals surface area contributed by atoms with E-state index in [0.717, 1.165) is 0 Å². The van der Waals surface area contributed by atoms with Gasteiger partial charge in [-0.15, -0.1) is 0 Å². The molecule has 2 aromatic carbocycles. The Kier molecular flexibility index (Phi) is 5.61. The highest BCUT2D eigenvalue weighted by molar-refractivity contribution is 6.58. The average Bonchev–Trinajstić information content (AvgIpc) is 3.27. The first-order valence-corrected chi connectivity index (χ1v) is 9.75. The van der Waals surface area contributed by atoms with Gasteiger partial charge in [-0.25, -0.2) is 9.79 Å². The molecule has 5 N–H and O–H groups in total. The van der Waals surface area contributed by atoms with Gasteiger partial charge in [0, 0.05) is 29.9 Å². The van der Waals surface area contributed by atoms with E-state index in [1.54, 1.807) is 18.2 Å². The van der Waals surface area contributed by atoms with Gasteiger partial charge in [-0.1, -0.05) is 23.4 Å². The van der Waals surface area contributed by atoms with Crippen molar-refractivity contribution in [3.05, 3.63) is 53.6 Å². The number of ether oxygens (including phenoxy) is 1. The third kappa shape index (κ3) is 4.03. The van der Waals surface area contributed by atoms with Gasteiger partial charge in [0.05, 0.1) is 17.7 Å². The Balaban J connectivity index is 1.70. The van der Waals surface area contributed by atoms with E-state index in [9.17, 15) is 19.8 Å². The zero-order valence-corrected chi connectivity index (χ0v) is 17.0. The Morgan fingerprint density at radius 2 is 2.00 bits per heavy atom. The molecule has 3 aromatic rings. The highest BCUT2D eigenvalue weighted by Crippen LogP contribution is 2.37. The lowest BCUT2D eigenvalue weighted by Crippen LogP contribution is -2.29. The van der Waals surface area contributed by atoms with Crippen molar-refractivity contribution >= 4 is 40.0 Å². The van der Waals surface area contributed by atoms with Crippen LogP contribution in [0.5, 0.6) is 11.6 Å². The number of nitrogens with two attached hydrogens (primary N) is 1. The van der Waals surface area contributed by atoms with E-state index in [-0.39, 0.29) is 36.0 Å². The Bertz CT molecular complexity index is 1280. The number of aromatic amines is 1. The lowest BCUT2D eigenvalue weighted by atomic mass is 10.0. The van der Waals surface area contributed by atoms with E-state index in [4.69, 9.17) is 15.3 Å². The molecule has 2 heterocycles. The smallest absolute Gasteiger partial charge is 0.338 e. The van der Waals surface area contributed by atoms with Crippen LogP contribution in [0.2, 0.25) is 0 Å². The van der Waals surface area contributed by atoms with Crippen LogP contribution in [-0.4, -0.2) is 51.2 Å². The number of phenolic OH excluding ortho intramolecular Hbond substituents is 1. The molecule has 0 radical (unpaired) electrons. The standard InChI is InChI=1S/C22H20N4O6/c1-11(27)31-13(10-23)9-18(29)32-26-20-15-8-12(28)6-7-17(15)24-21(20)19-14-4-2-3-5-16(14)25-22(19)30/h2-8,13,25,28,30H,9-10,23H2,1H3/b26-20+/t13-/m0/s1. The van der Waals surface area contributed by atoms with Gasteiger partial charge in [-0.3, -0.25) is 4.79 Å². The van der Waals surface area contributed by atoms with Crippen LogP contribution < -0.4 is 5.73 Å². The summed E-state index contributed by atoms with van der Waals surface area (Å²) in [5.41, 5.74) is 7.92. The summed E-state index contributed by atoms with van der Waals surface area (Å²) >= 11 is 0. The molecule has 1 aromatic heterocycles. The Morgan fingerprint density at radius 3 is 2.75 bits per heavy atom. The monoisotopic (exact) mass is 436 g/mol. The van der Waals surface area contributed by atoms with Gasteiger partial charge in [0.1, 0.15) is 23.3 Å². The van der Waals surface area contributed by atoms with Crippen molar-refractivity contribution in [3.63, 3.8) is 0 Å². The SMILES string of the molecule is CC(=O)O[C@H](CN)CC(=O)O/N=C1/C(c2c(O)[nH]c3ccccc23)=Nc2ccc(O)cc21. The number of oxime groups is 1. The van der Waals surface area contributed by atoms with Crippen molar-refractivity contribution in [2.75, 3.05) is 6.54 Å². The molecule has 0 saturated carbocycles. The number of carbonyl (C=O) groups is 2. The van der Waals surface area contributed by atoms with Crippen molar-refractivity contribution < 1.29 is 29.4 Å². The van der Waals surface area contributed by atoms with Crippen LogP contribution in [0.25, 0.3) is 10.9 Å². The highest BCUT2D eigenvalue weighted by Gasteiger charge is 2.30. The summed E-state index contributed by atoms with van der Waals surface area (Å²) in [4.78, 5) is 35.9. The second-order valence-electron chi connectivity index (χ2n) is 7.13. The van der Waals surface area contributed by atoms with E-state index in [1.807, 2.05) is 12.1 Å². The second kappa shape index (κ2) is 8.52. The van der Waals surface area contributed by atoms with Crippen LogP contribution in [-0.2, 0) is 19.2 Å². The van der Waals surface area contributed by atoms with Crippen molar-refractivity contribution in [1.82, 2.24) is 4.98 Å². The lowest BCUT2D eigenvalue weighted by Gasteiger charge is -2.12. The number of fused-ring (bicyclic) bond motifs is 2. The second-order valence-corrected chi connectivity index (χ2v) is 7.13. The van der Waals surface area contributed by atoms with Crippen molar-refractivity contribution in [3.8, 4) is 11.6 Å². The summed E-state index contributed by atoms with van der Waals surface area (Å²) in [5, 5.41) is 25.2. The van der Waals surface area contributed by atoms with Crippen LogP contribution in [0.15, 0.2) is 52.6 Å². The van der Waals surface area contributed by atoms with Crippen LogP contribution >= 0.6 is 0 Å². The summed E-state index contributed by atoms with van der Waals surface area (Å²) < 4.78 is 4.95. The summed E-state index contributed by atoms with van der Waals surface area (Å²) in [6.45, 7) is 1.16. The van der Waals surface area contributed by atoms with Gasteiger partial charge in [-0.05, 0) is 24.3 Å². The molecule has 0 amide bonds. The number of carbonyl (C=O) groups excluding carboxylic acids is 2. The maximum absolute atomic E-state index is 12.3. The summed E-state index contributed by atoms with van der Waals surface area (Å²) in [6.07, 6.45) is -1.13. The highest BCUT2D eigenvalue weighted by atomic mass is 16.7. The molecular weight excluding hydrogens is 416 g/mol. The molecule has 4 rings (SSSR count). The van der Waals surface area contributed by atoms with E-state index in [1.165, 1.54) is 19.1 Å². The van der Waals surface area contributed by atoms with Gasteiger partial charge in [0.15, 0.2) is 5.88 Å². The number of hydrogen-bond acceptors (Lipinski definition) is 9. The topological polar surface area (TPSA) is 160 Å². The number of aromatic nitrogens is 1. The van der Waals surface area contributed by atoms with E-state index in [0.29, 0.717) is 27.7 Å². The third-order valence-corrected chi connectivity index (χ3v) is 4.84. The number of H-pyrrole nitrogens is 1. The van der Waals surface area contributed by atoms with Crippen LogP contribution in [0.4, 0.5) is 5.69 Å². The molecule has 164 valence electrons. The average molecular weight is 436 g/mol. The molecule has 1 atom stereocenters. The minimum atomic E-state index is -0.842. The first-order valence-electron chi connectivity index (χ1n) is 9.75. The number of aromatic hydroxyl groups is 2.